The second-order valence-corrected chi connectivity index (χ2v) is 4.81. The van der Waals surface area contributed by atoms with Gasteiger partial charge in [0.2, 0.25) is 5.95 Å². The van der Waals surface area contributed by atoms with Gasteiger partial charge in [-0.25, -0.2) is 23.1 Å². The average molecular weight is 340 g/mol. The molecule has 1 aromatic carbocycles. The number of methoxy groups -OCH3 is 1. The number of benzene rings is 1. The van der Waals surface area contributed by atoms with Crippen LogP contribution in [0.3, 0.4) is 0 Å². The normalized spacial score (nSPS) is 10.5. The van der Waals surface area contributed by atoms with Crippen LogP contribution in [0.5, 0.6) is 0 Å². The fourth-order valence-corrected chi connectivity index (χ4v) is 1.84. The van der Waals surface area contributed by atoms with Gasteiger partial charge in [-0.15, -0.1) is 0 Å². The van der Waals surface area contributed by atoms with Crippen molar-refractivity contribution < 1.29 is 22.7 Å². The van der Waals surface area contributed by atoms with Gasteiger partial charge in [0.1, 0.15) is 5.69 Å². The Kier molecular flexibility index (Phi) is 5.69. The number of rotatable bonds is 6. The van der Waals surface area contributed by atoms with Crippen LogP contribution >= 0.6 is 0 Å². The van der Waals surface area contributed by atoms with E-state index in [0.29, 0.717) is 18.8 Å². The number of carbonyl (C=O) groups excluding carboxylic acids is 1. The van der Waals surface area contributed by atoms with Gasteiger partial charge < -0.3 is 15.4 Å². The van der Waals surface area contributed by atoms with Gasteiger partial charge in [0, 0.05) is 19.3 Å². The van der Waals surface area contributed by atoms with Crippen molar-refractivity contribution in [2.75, 3.05) is 25.6 Å². The summed E-state index contributed by atoms with van der Waals surface area (Å²) in [4.78, 5) is 19.9. The summed E-state index contributed by atoms with van der Waals surface area (Å²) in [5, 5.41) is 5.02. The molecule has 0 fully saturated rings. The van der Waals surface area contributed by atoms with Gasteiger partial charge in [-0.3, -0.25) is 4.79 Å². The van der Waals surface area contributed by atoms with E-state index in [1.54, 1.807) is 6.92 Å². The third-order valence-corrected chi connectivity index (χ3v) is 2.96. The van der Waals surface area contributed by atoms with E-state index in [2.05, 4.69) is 20.6 Å². The maximum Gasteiger partial charge on any atom is 0.270 e. The van der Waals surface area contributed by atoms with E-state index >= 15 is 0 Å². The number of ether oxygens (including phenoxy) is 1. The van der Waals surface area contributed by atoms with Crippen molar-refractivity contribution in [3.05, 3.63) is 47.0 Å². The van der Waals surface area contributed by atoms with Crippen LogP contribution in [0.25, 0.3) is 0 Å². The van der Waals surface area contributed by atoms with Crippen molar-refractivity contribution in [2.45, 2.75) is 6.92 Å². The maximum atomic E-state index is 13.7. The molecular weight excluding hydrogens is 325 g/mol. The molecule has 0 atom stereocenters. The predicted molar refractivity (Wildman–Crippen MR) is 80.6 cm³/mol. The number of carbonyl (C=O) groups is 1. The Morgan fingerprint density at radius 2 is 1.96 bits per heavy atom. The monoisotopic (exact) mass is 340 g/mol. The van der Waals surface area contributed by atoms with Gasteiger partial charge in [0.15, 0.2) is 17.5 Å². The van der Waals surface area contributed by atoms with Crippen LogP contribution < -0.4 is 10.6 Å². The number of nitrogens with one attached hydrogen (secondary N) is 2. The number of aromatic nitrogens is 2. The molecule has 2 rings (SSSR count). The summed E-state index contributed by atoms with van der Waals surface area (Å²) in [5.41, 5.74) is 0.140. The van der Waals surface area contributed by atoms with Crippen molar-refractivity contribution >= 4 is 17.5 Å². The highest BCUT2D eigenvalue weighted by Gasteiger charge is 2.15. The fraction of sp³-hybridized carbons (Fsp3) is 0.267. The number of halogens is 3. The standard InChI is InChI=1S/C15H15F3N4O2/c1-8-7-11(14(23)19-5-6-24-2)22-15(20-8)21-10-4-3-9(16)12(17)13(10)18/h3-4,7H,5-6H2,1-2H3,(H,19,23)(H,20,21,22). The van der Waals surface area contributed by atoms with Gasteiger partial charge >= 0.3 is 0 Å². The van der Waals surface area contributed by atoms with Gasteiger partial charge in [0.25, 0.3) is 5.91 Å². The molecule has 1 amide bonds. The molecule has 128 valence electrons. The zero-order valence-corrected chi connectivity index (χ0v) is 13.0. The summed E-state index contributed by atoms with van der Waals surface area (Å²) in [6.45, 7) is 2.24. The zero-order chi connectivity index (χ0) is 17.7. The van der Waals surface area contributed by atoms with Gasteiger partial charge in [0.05, 0.1) is 12.3 Å². The molecule has 0 aliphatic heterocycles. The highest BCUT2D eigenvalue weighted by atomic mass is 19.2. The van der Waals surface area contributed by atoms with Crippen molar-refractivity contribution in [3.8, 4) is 0 Å². The molecular formula is C15H15F3N4O2. The van der Waals surface area contributed by atoms with Crippen LogP contribution in [-0.2, 0) is 4.74 Å². The maximum absolute atomic E-state index is 13.7. The fourth-order valence-electron chi connectivity index (χ4n) is 1.84. The van der Waals surface area contributed by atoms with Crippen LogP contribution in [0, 0.1) is 24.4 Å². The first-order valence-electron chi connectivity index (χ1n) is 6.95. The molecule has 0 saturated carbocycles. The molecule has 1 aromatic heterocycles. The molecule has 0 aliphatic rings. The molecule has 0 radical (unpaired) electrons. The number of hydrogen-bond acceptors (Lipinski definition) is 5. The number of nitrogens with zero attached hydrogens (tertiary/aromatic N) is 2. The first-order chi connectivity index (χ1) is 11.4. The number of aryl methyl sites for hydroxylation is 1. The Balaban J connectivity index is 2.22. The predicted octanol–water partition coefficient (Wildman–Crippen LogP) is 2.32. The quantitative estimate of drug-likeness (QED) is 0.623. The minimum atomic E-state index is -1.61. The molecule has 24 heavy (non-hydrogen) atoms. The molecule has 0 aliphatic carbocycles. The Morgan fingerprint density at radius 1 is 1.21 bits per heavy atom. The summed E-state index contributed by atoms with van der Waals surface area (Å²) in [6.07, 6.45) is 0. The summed E-state index contributed by atoms with van der Waals surface area (Å²) >= 11 is 0. The Hall–Kier alpha value is -2.68. The molecule has 6 nitrogen and oxygen atoms in total. The molecule has 0 bridgehead atoms. The highest BCUT2D eigenvalue weighted by molar-refractivity contribution is 5.92. The Labute approximate surface area is 136 Å². The van der Waals surface area contributed by atoms with Crippen LogP contribution in [0.2, 0.25) is 0 Å². The second kappa shape index (κ2) is 7.73. The van der Waals surface area contributed by atoms with E-state index < -0.39 is 23.4 Å². The van der Waals surface area contributed by atoms with Crippen LogP contribution in [0.1, 0.15) is 16.2 Å². The average Bonchev–Trinajstić information content (AvgIpc) is 2.55. The molecule has 0 spiro atoms. The van der Waals surface area contributed by atoms with Crippen LogP contribution in [0.15, 0.2) is 18.2 Å². The molecule has 2 aromatic rings. The lowest BCUT2D eigenvalue weighted by Gasteiger charge is -2.10. The summed E-state index contributed by atoms with van der Waals surface area (Å²) < 4.78 is 44.7. The highest BCUT2D eigenvalue weighted by Crippen LogP contribution is 2.22. The van der Waals surface area contributed by atoms with E-state index in [1.165, 1.54) is 13.2 Å². The molecule has 1 heterocycles. The lowest BCUT2D eigenvalue weighted by Crippen LogP contribution is -2.28. The second-order valence-electron chi connectivity index (χ2n) is 4.81. The molecule has 0 unspecified atom stereocenters. The largest absolute Gasteiger partial charge is 0.383 e. The third-order valence-electron chi connectivity index (χ3n) is 2.96. The number of hydrogen-bond donors (Lipinski definition) is 2. The number of amides is 1. The lowest BCUT2D eigenvalue weighted by atomic mass is 10.3. The van der Waals surface area contributed by atoms with Gasteiger partial charge in [-0.05, 0) is 25.1 Å². The van der Waals surface area contributed by atoms with Crippen molar-refractivity contribution in [1.29, 1.82) is 0 Å². The minimum Gasteiger partial charge on any atom is -0.383 e. The van der Waals surface area contributed by atoms with Crippen molar-refractivity contribution in [2.24, 2.45) is 0 Å². The third kappa shape index (κ3) is 4.19. The summed E-state index contributed by atoms with van der Waals surface area (Å²) in [5.74, 6) is -4.89. The molecule has 0 saturated heterocycles. The SMILES string of the molecule is COCCNC(=O)c1cc(C)nc(Nc2ccc(F)c(F)c2F)n1. The van der Waals surface area contributed by atoms with E-state index in [1.807, 2.05) is 0 Å². The summed E-state index contributed by atoms with van der Waals surface area (Å²) in [6, 6.07) is 3.22. The first-order valence-corrected chi connectivity index (χ1v) is 6.95. The Morgan fingerprint density at radius 3 is 2.67 bits per heavy atom. The van der Waals surface area contributed by atoms with Gasteiger partial charge in [-0.2, -0.15) is 0 Å². The number of anilines is 2. The minimum absolute atomic E-state index is 0.0455. The van der Waals surface area contributed by atoms with Crippen LogP contribution in [-0.4, -0.2) is 36.1 Å². The molecule has 9 heteroatoms. The molecule has 2 N–H and O–H groups in total. The summed E-state index contributed by atoms with van der Waals surface area (Å²) in [7, 11) is 1.50. The van der Waals surface area contributed by atoms with E-state index in [0.717, 1.165) is 12.1 Å². The van der Waals surface area contributed by atoms with Gasteiger partial charge in [-0.1, -0.05) is 0 Å². The first kappa shape index (κ1) is 17.7. The zero-order valence-electron chi connectivity index (χ0n) is 13.0. The Bertz CT molecular complexity index is 756. The van der Waals surface area contributed by atoms with E-state index in [-0.39, 0.29) is 17.3 Å². The van der Waals surface area contributed by atoms with Crippen molar-refractivity contribution in [3.63, 3.8) is 0 Å². The van der Waals surface area contributed by atoms with E-state index in [9.17, 15) is 18.0 Å². The lowest BCUT2D eigenvalue weighted by molar-refractivity contribution is 0.0932. The van der Waals surface area contributed by atoms with E-state index in [4.69, 9.17) is 4.74 Å². The van der Waals surface area contributed by atoms with Crippen LogP contribution in [0.4, 0.5) is 24.8 Å². The topological polar surface area (TPSA) is 76.1 Å². The smallest absolute Gasteiger partial charge is 0.270 e. The van der Waals surface area contributed by atoms with Crippen molar-refractivity contribution in [1.82, 2.24) is 15.3 Å².